The van der Waals surface area contributed by atoms with Gasteiger partial charge in [-0.2, -0.15) is 0 Å². The molecular formula is C21H20FN3O. The zero-order chi connectivity index (χ0) is 18.3. The molecule has 0 spiro atoms. The SMILES string of the molecule is C=C(NC1CC1)c1cc(C(=C)c2c(-c3ccccc3F)noc2C)c[nH]1. The first kappa shape index (κ1) is 16.4. The Morgan fingerprint density at radius 1 is 1.31 bits per heavy atom. The van der Waals surface area contributed by atoms with Gasteiger partial charge >= 0.3 is 0 Å². The Morgan fingerprint density at radius 2 is 2.08 bits per heavy atom. The molecule has 1 saturated carbocycles. The van der Waals surface area contributed by atoms with Gasteiger partial charge in [-0.05, 0) is 43.5 Å². The average Bonchev–Trinajstić information content (AvgIpc) is 3.16. The second-order valence-corrected chi connectivity index (χ2v) is 6.62. The number of nitrogens with one attached hydrogen (secondary N) is 2. The van der Waals surface area contributed by atoms with Crippen LogP contribution in [0, 0.1) is 12.7 Å². The van der Waals surface area contributed by atoms with Crippen molar-refractivity contribution in [2.24, 2.45) is 0 Å². The molecule has 2 N–H and O–H groups in total. The van der Waals surface area contributed by atoms with E-state index in [1.54, 1.807) is 25.1 Å². The van der Waals surface area contributed by atoms with Crippen molar-refractivity contribution in [2.45, 2.75) is 25.8 Å². The smallest absolute Gasteiger partial charge is 0.142 e. The van der Waals surface area contributed by atoms with Gasteiger partial charge in [-0.1, -0.05) is 30.4 Å². The first-order valence-electron chi connectivity index (χ1n) is 8.59. The minimum Gasteiger partial charge on any atom is -0.381 e. The minimum absolute atomic E-state index is 0.341. The van der Waals surface area contributed by atoms with Crippen molar-refractivity contribution in [1.29, 1.82) is 0 Å². The average molecular weight is 349 g/mol. The third kappa shape index (κ3) is 2.96. The highest BCUT2D eigenvalue weighted by Gasteiger charge is 2.23. The van der Waals surface area contributed by atoms with Crippen LogP contribution in [-0.2, 0) is 0 Å². The summed E-state index contributed by atoms with van der Waals surface area (Å²) in [6, 6.07) is 9.04. The Hall–Kier alpha value is -3.08. The number of H-pyrrole nitrogens is 1. The van der Waals surface area contributed by atoms with Crippen molar-refractivity contribution in [3.8, 4) is 11.3 Å². The van der Waals surface area contributed by atoms with Crippen molar-refractivity contribution in [3.05, 3.63) is 78.1 Å². The molecule has 1 aliphatic rings. The van der Waals surface area contributed by atoms with Crippen molar-refractivity contribution in [2.75, 3.05) is 0 Å². The quantitative estimate of drug-likeness (QED) is 0.665. The van der Waals surface area contributed by atoms with Gasteiger partial charge in [0.05, 0.1) is 17.0 Å². The highest BCUT2D eigenvalue weighted by atomic mass is 19.1. The molecule has 5 heteroatoms. The van der Waals surface area contributed by atoms with Crippen molar-refractivity contribution < 1.29 is 8.91 Å². The lowest BCUT2D eigenvalue weighted by molar-refractivity contribution is 0.399. The fourth-order valence-corrected chi connectivity index (χ4v) is 3.00. The van der Waals surface area contributed by atoms with Crippen LogP contribution in [0.5, 0.6) is 0 Å². The van der Waals surface area contributed by atoms with Crippen LogP contribution in [0.15, 0.2) is 54.2 Å². The van der Waals surface area contributed by atoms with Crippen LogP contribution >= 0.6 is 0 Å². The second kappa shape index (κ2) is 6.33. The Balaban J connectivity index is 1.67. The van der Waals surface area contributed by atoms with Gasteiger partial charge in [-0.3, -0.25) is 0 Å². The number of aromatic nitrogens is 2. The van der Waals surface area contributed by atoms with Crippen molar-refractivity contribution in [1.82, 2.24) is 15.5 Å². The van der Waals surface area contributed by atoms with Gasteiger partial charge in [0.1, 0.15) is 17.3 Å². The van der Waals surface area contributed by atoms with Crippen LogP contribution in [0.1, 0.15) is 35.4 Å². The monoisotopic (exact) mass is 349 g/mol. The van der Waals surface area contributed by atoms with E-state index < -0.39 is 0 Å². The van der Waals surface area contributed by atoms with Crippen LogP contribution in [0.4, 0.5) is 4.39 Å². The lowest BCUT2D eigenvalue weighted by Gasteiger charge is -2.07. The highest BCUT2D eigenvalue weighted by Crippen LogP contribution is 2.35. The molecular weight excluding hydrogens is 329 g/mol. The number of benzene rings is 1. The fourth-order valence-electron chi connectivity index (χ4n) is 3.00. The van der Waals surface area contributed by atoms with E-state index in [-0.39, 0.29) is 5.82 Å². The van der Waals surface area contributed by atoms with Crippen LogP contribution < -0.4 is 5.32 Å². The van der Waals surface area contributed by atoms with Crippen LogP contribution in [0.3, 0.4) is 0 Å². The molecule has 0 radical (unpaired) electrons. The predicted molar refractivity (Wildman–Crippen MR) is 101 cm³/mol. The molecule has 3 aromatic rings. The Morgan fingerprint density at radius 3 is 2.81 bits per heavy atom. The minimum atomic E-state index is -0.341. The van der Waals surface area contributed by atoms with E-state index >= 15 is 0 Å². The topological polar surface area (TPSA) is 53.9 Å². The van der Waals surface area contributed by atoms with Gasteiger partial charge in [0.15, 0.2) is 0 Å². The van der Waals surface area contributed by atoms with E-state index in [2.05, 4.69) is 28.6 Å². The largest absolute Gasteiger partial charge is 0.381 e. The lowest BCUT2D eigenvalue weighted by Crippen LogP contribution is -2.13. The number of nitrogens with zero attached hydrogens (tertiary/aromatic N) is 1. The van der Waals surface area contributed by atoms with E-state index in [0.717, 1.165) is 22.5 Å². The van der Waals surface area contributed by atoms with Crippen molar-refractivity contribution >= 4 is 11.3 Å². The second-order valence-electron chi connectivity index (χ2n) is 6.62. The van der Waals surface area contributed by atoms with Crippen LogP contribution in [-0.4, -0.2) is 16.2 Å². The van der Waals surface area contributed by atoms with Gasteiger partial charge in [0.2, 0.25) is 0 Å². The molecule has 2 aromatic heterocycles. The zero-order valence-corrected chi connectivity index (χ0v) is 14.6. The molecule has 1 aromatic carbocycles. The summed E-state index contributed by atoms with van der Waals surface area (Å²) in [5, 5.41) is 7.44. The fraction of sp³-hybridized carbons (Fsp3) is 0.190. The molecule has 26 heavy (non-hydrogen) atoms. The van der Waals surface area contributed by atoms with Gasteiger partial charge in [-0.25, -0.2) is 4.39 Å². The standard InChI is InChI=1S/C21H20FN3O/c1-12(15-10-19(23-11-15)13(2)24-16-8-9-16)20-14(3)26-25-21(20)17-6-4-5-7-18(17)22/h4-7,10-11,16,23-24H,1-2,8-9H2,3H3. The third-order valence-electron chi connectivity index (χ3n) is 4.61. The van der Waals surface area contributed by atoms with E-state index in [4.69, 9.17) is 4.52 Å². The van der Waals surface area contributed by atoms with Gasteiger partial charge in [-0.15, -0.1) is 0 Å². The molecule has 4 nitrogen and oxygen atoms in total. The van der Waals surface area contributed by atoms with E-state index in [1.807, 2.05) is 12.3 Å². The summed E-state index contributed by atoms with van der Waals surface area (Å²) in [6.07, 6.45) is 4.24. The maximum atomic E-state index is 14.2. The van der Waals surface area contributed by atoms with E-state index in [9.17, 15) is 4.39 Å². The molecule has 0 bridgehead atoms. The first-order valence-corrected chi connectivity index (χ1v) is 8.59. The zero-order valence-electron chi connectivity index (χ0n) is 14.6. The molecule has 4 rings (SSSR count). The summed E-state index contributed by atoms with van der Waals surface area (Å²) < 4.78 is 19.6. The van der Waals surface area contributed by atoms with Gasteiger partial charge < -0.3 is 14.8 Å². The maximum absolute atomic E-state index is 14.2. The first-order chi connectivity index (χ1) is 12.5. The number of aromatic amines is 1. The van der Waals surface area contributed by atoms with Gasteiger partial charge in [0, 0.05) is 23.4 Å². The van der Waals surface area contributed by atoms with E-state index in [1.165, 1.54) is 18.9 Å². The highest BCUT2D eigenvalue weighted by molar-refractivity contribution is 5.87. The predicted octanol–water partition coefficient (Wildman–Crippen LogP) is 4.90. The van der Waals surface area contributed by atoms with Crippen LogP contribution in [0.2, 0.25) is 0 Å². The summed E-state index contributed by atoms with van der Waals surface area (Å²) in [7, 11) is 0. The molecule has 0 atom stereocenters. The normalized spacial score (nSPS) is 13.6. The van der Waals surface area contributed by atoms with Crippen molar-refractivity contribution in [3.63, 3.8) is 0 Å². The molecule has 1 aliphatic carbocycles. The van der Waals surface area contributed by atoms with Crippen LogP contribution in [0.25, 0.3) is 22.5 Å². The maximum Gasteiger partial charge on any atom is 0.142 e. The summed E-state index contributed by atoms with van der Waals surface area (Å²) in [6.45, 7) is 10.1. The number of hydrogen-bond acceptors (Lipinski definition) is 3. The molecule has 2 heterocycles. The molecule has 0 amide bonds. The Bertz CT molecular complexity index is 994. The lowest BCUT2D eigenvalue weighted by atomic mass is 9.96. The number of halogens is 1. The molecule has 0 saturated heterocycles. The van der Waals surface area contributed by atoms with E-state index in [0.29, 0.717) is 28.6 Å². The molecule has 0 aliphatic heterocycles. The molecule has 132 valence electrons. The molecule has 0 unspecified atom stereocenters. The number of hydrogen-bond donors (Lipinski definition) is 2. The third-order valence-corrected chi connectivity index (χ3v) is 4.61. The summed E-state index contributed by atoms with van der Waals surface area (Å²) in [5.41, 5.74) is 4.96. The number of aryl methyl sites for hydroxylation is 1. The summed E-state index contributed by atoms with van der Waals surface area (Å²) in [4.78, 5) is 3.22. The Kier molecular flexibility index (Phi) is 3.99. The Labute approximate surface area is 151 Å². The summed E-state index contributed by atoms with van der Waals surface area (Å²) >= 11 is 0. The summed E-state index contributed by atoms with van der Waals surface area (Å²) in [5.74, 6) is 0.262. The van der Waals surface area contributed by atoms with Gasteiger partial charge in [0.25, 0.3) is 0 Å². The molecule has 1 fully saturated rings. The number of rotatable bonds is 6.